The minimum Gasteiger partial charge on any atom is -0.371 e. The van der Waals surface area contributed by atoms with Crippen LogP contribution in [-0.2, 0) is 23.6 Å². The summed E-state index contributed by atoms with van der Waals surface area (Å²) in [5, 5.41) is 11.4. The monoisotopic (exact) mass is 376 g/mol. The van der Waals surface area contributed by atoms with E-state index in [0.29, 0.717) is 16.8 Å². The second-order valence-corrected chi connectivity index (χ2v) is 7.12. The molecule has 9 heteroatoms. The Balaban J connectivity index is 2.72. The second kappa shape index (κ2) is 6.87. The quantitative estimate of drug-likeness (QED) is 0.541. The van der Waals surface area contributed by atoms with Crippen LogP contribution in [-0.4, -0.2) is 28.1 Å². The minimum absolute atomic E-state index is 0.276. The number of methoxy groups -OCH3 is 1. The van der Waals surface area contributed by atoms with Crippen molar-refractivity contribution in [1.29, 1.82) is 0 Å². The Kier molecular flexibility index (Phi) is 5.38. The number of alkyl halides is 3. The molecule has 0 bridgehead atoms. The largest absolute Gasteiger partial charge is 0.423 e. The predicted molar refractivity (Wildman–Crippen MR) is 91.9 cm³/mol. The van der Waals surface area contributed by atoms with Crippen LogP contribution in [0.5, 0.6) is 0 Å². The number of benzene rings is 1. The highest BCUT2D eigenvalue weighted by Gasteiger charge is 2.39. The fraction of sp³-hybridized carbons (Fsp3) is 0.500. The summed E-state index contributed by atoms with van der Waals surface area (Å²) in [5.41, 5.74) is -1.97. The van der Waals surface area contributed by atoms with Gasteiger partial charge in [-0.15, -0.1) is 0 Å². The van der Waals surface area contributed by atoms with Crippen molar-refractivity contribution in [3.05, 3.63) is 39.6 Å². The lowest BCUT2D eigenvalue weighted by molar-refractivity contribution is -0.387. The normalized spacial score (nSPS) is 14.7. The predicted octanol–water partition coefficient (Wildman–Crippen LogP) is 4.72. The smallest absolute Gasteiger partial charge is 0.371 e. The maximum atomic E-state index is 13.2. The van der Waals surface area contributed by atoms with Crippen molar-refractivity contribution in [2.45, 2.75) is 25.6 Å². The van der Waals surface area contributed by atoms with E-state index < -0.39 is 28.0 Å². The summed E-state index contributed by atoms with van der Waals surface area (Å²) >= 11 is 1.64. The minimum atomic E-state index is -4.80. The highest BCUT2D eigenvalue weighted by Crippen LogP contribution is 2.40. The standard InChI is InChI=1S/C16H19F3N2O3S/c1-5-25-9-15(2,24-4)14-7-10-6-13(21(22)23)11(16(17,18)19)8-12(10)20(14)3/h6-8H,5,9H2,1-4H3. The summed E-state index contributed by atoms with van der Waals surface area (Å²) in [5.74, 6) is 1.48. The Labute approximate surface area is 147 Å². The number of rotatable bonds is 6. The second-order valence-electron chi connectivity index (χ2n) is 5.84. The maximum Gasteiger partial charge on any atom is 0.423 e. The van der Waals surface area contributed by atoms with Crippen LogP contribution in [0.1, 0.15) is 25.1 Å². The van der Waals surface area contributed by atoms with Gasteiger partial charge in [-0.25, -0.2) is 0 Å². The van der Waals surface area contributed by atoms with Crippen LogP contribution < -0.4 is 0 Å². The number of ether oxygens (including phenoxy) is 1. The van der Waals surface area contributed by atoms with Gasteiger partial charge in [0.05, 0.1) is 10.6 Å². The van der Waals surface area contributed by atoms with Gasteiger partial charge in [-0.2, -0.15) is 24.9 Å². The van der Waals surface area contributed by atoms with Crippen molar-refractivity contribution in [2.75, 3.05) is 18.6 Å². The van der Waals surface area contributed by atoms with Crippen LogP contribution >= 0.6 is 11.8 Å². The van der Waals surface area contributed by atoms with Gasteiger partial charge < -0.3 is 9.30 Å². The lowest BCUT2D eigenvalue weighted by atomic mass is 10.0. The first kappa shape index (κ1) is 19.6. The summed E-state index contributed by atoms with van der Waals surface area (Å²) in [6.07, 6.45) is -4.80. The molecule has 1 aromatic carbocycles. The molecule has 1 unspecified atom stereocenters. The first-order valence-corrected chi connectivity index (χ1v) is 8.69. The molecule has 138 valence electrons. The average Bonchev–Trinajstić information content (AvgIpc) is 2.87. The number of nitro benzene ring substituents is 1. The third kappa shape index (κ3) is 3.62. The molecule has 0 saturated heterocycles. The molecule has 1 heterocycles. The summed E-state index contributed by atoms with van der Waals surface area (Å²) < 4.78 is 46.8. The Morgan fingerprint density at radius 3 is 2.44 bits per heavy atom. The highest BCUT2D eigenvalue weighted by atomic mass is 32.2. The molecule has 0 N–H and O–H groups in total. The molecule has 5 nitrogen and oxygen atoms in total. The topological polar surface area (TPSA) is 57.3 Å². The Bertz CT molecular complexity index is 804. The van der Waals surface area contributed by atoms with Crippen LogP contribution in [0, 0.1) is 10.1 Å². The summed E-state index contributed by atoms with van der Waals surface area (Å²) in [6, 6.07) is 3.47. The third-order valence-electron chi connectivity index (χ3n) is 4.24. The van der Waals surface area contributed by atoms with Crippen LogP contribution in [0.2, 0.25) is 0 Å². The zero-order chi connectivity index (χ0) is 19.0. The Morgan fingerprint density at radius 1 is 1.32 bits per heavy atom. The summed E-state index contributed by atoms with van der Waals surface area (Å²) in [6.45, 7) is 3.85. The van der Waals surface area contributed by atoms with Gasteiger partial charge in [-0.3, -0.25) is 10.1 Å². The van der Waals surface area contributed by atoms with Crippen LogP contribution in [0.4, 0.5) is 18.9 Å². The number of hydrogen-bond donors (Lipinski definition) is 0. The molecule has 25 heavy (non-hydrogen) atoms. The molecule has 2 aromatic rings. The van der Waals surface area contributed by atoms with Crippen molar-refractivity contribution in [2.24, 2.45) is 7.05 Å². The van der Waals surface area contributed by atoms with Crippen LogP contribution in [0.3, 0.4) is 0 Å². The number of hydrogen-bond acceptors (Lipinski definition) is 4. The van der Waals surface area contributed by atoms with Crippen molar-refractivity contribution in [3.8, 4) is 0 Å². The van der Waals surface area contributed by atoms with Crippen LogP contribution in [0.15, 0.2) is 18.2 Å². The molecule has 0 spiro atoms. The molecule has 0 radical (unpaired) electrons. The first-order valence-electron chi connectivity index (χ1n) is 7.53. The number of halogens is 3. The van der Waals surface area contributed by atoms with Gasteiger partial charge in [-0.05, 0) is 24.8 Å². The Hall–Kier alpha value is -1.74. The molecule has 0 aliphatic carbocycles. The van der Waals surface area contributed by atoms with Crippen molar-refractivity contribution >= 4 is 28.4 Å². The van der Waals surface area contributed by atoms with Crippen LogP contribution in [0.25, 0.3) is 10.9 Å². The number of fused-ring (bicyclic) bond motifs is 1. The van der Waals surface area contributed by atoms with Crippen molar-refractivity contribution < 1.29 is 22.8 Å². The van der Waals surface area contributed by atoms with Gasteiger partial charge in [0, 0.05) is 36.9 Å². The third-order valence-corrected chi connectivity index (χ3v) is 5.40. The number of nitro groups is 1. The van der Waals surface area contributed by atoms with E-state index in [0.717, 1.165) is 17.9 Å². The molecule has 0 amide bonds. The molecule has 0 aliphatic heterocycles. The van der Waals surface area contributed by atoms with Crippen molar-refractivity contribution in [3.63, 3.8) is 0 Å². The molecular formula is C16H19F3N2O3S. The van der Waals surface area contributed by atoms with E-state index in [1.807, 2.05) is 13.8 Å². The molecular weight excluding hydrogens is 357 g/mol. The Morgan fingerprint density at radius 2 is 1.96 bits per heavy atom. The van der Waals surface area contributed by atoms with E-state index >= 15 is 0 Å². The van der Waals surface area contributed by atoms with Gasteiger partial charge in [0.2, 0.25) is 0 Å². The average molecular weight is 376 g/mol. The van der Waals surface area contributed by atoms with E-state index in [-0.39, 0.29) is 5.52 Å². The lowest BCUT2D eigenvalue weighted by Gasteiger charge is -2.28. The van der Waals surface area contributed by atoms with E-state index in [2.05, 4.69) is 0 Å². The van der Waals surface area contributed by atoms with Gasteiger partial charge in [-0.1, -0.05) is 6.92 Å². The molecule has 1 atom stereocenters. The SMILES string of the molecule is CCSCC(C)(OC)c1cc2cc([N+](=O)[O-])c(C(F)(F)F)cc2n1C. The van der Waals surface area contributed by atoms with Gasteiger partial charge in [0.25, 0.3) is 5.69 Å². The van der Waals surface area contributed by atoms with E-state index in [1.165, 1.54) is 7.11 Å². The molecule has 0 aliphatic rings. The molecule has 0 fully saturated rings. The number of nitrogens with zero attached hydrogens (tertiary/aromatic N) is 2. The molecule has 1 aromatic heterocycles. The van der Waals surface area contributed by atoms with Crippen molar-refractivity contribution in [1.82, 2.24) is 4.57 Å². The fourth-order valence-corrected chi connectivity index (χ4v) is 3.65. The van der Waals surface area contributed by atoms with Gasteiger partial charge in [0.15, 0.2) is 0 Å². The van der Waals surface area contributed by atoms with Gasteiger partial charge in [0.1, 0.15) is 11.2 Å². The van der Waals surface area contributed by atoms with E-state index in [4.69, 9.17) is 4.74 Å². The summed E-state index contributed by atoms with van der Waals surface area (Å²) in [4.78, 5) is 10.1. The maximum absolute atomic E-state index is 13.2. The lowest BCUT2D eigenvalue weighted by Crippen LogP contribution is -2.30. The number of aryl methyl sites for hydroxylation is 1. The highest BCUT2D eigenvalue weighted by molar-refractivity contribution is 7.99. The van der Waals surface area contributed by atoms with Gasteiger partial charge >= 0.3 is 6.18 Å². The first-order chi connectivity index (χ1) is 11.5. The van der Waals surface area contributed by atoms with E-state index in [1.54, 1.807) is 29.4 Å². The zero-order valence-corrected chi connectivity index (χ0v) is 15.1. The van der Waals surface area contributed by atoms with E-state index in [9.17, 15) is 23.3 Å². The fourth-order valence-electron chi connectivity index (χ4n) is 2.79. The molecule has 2 rings (SSSR count). The number of thioether (sulfide) groups is 1. The summed E-state index contributed by atoms with van der Waals surface area (Å²) in [7, 11) is 3.18. The molecule has 0 saturated carbocycles. The number of aromatic nitrogens is 1. The zero-order valence-electron chi connectivity index (χ0n) is 14.3.